The zero-order chi connectivity index (χ0) is 15.5. The van der Waals surface area contributed by atoms with Crippen molar-refractivity contribution >= 4 is 23.8 Å². The Bertz CT molecular complexity index is 805. The second-order valence-corrected chi connectivity index (χ2v) is 4.98. The van der Waals surface area contributed by atoms with Crippen LogP contribution in [0, 0.1) is 11.6 Å². The summed E-state index contributed by atoms with van der Waals surface area (Å²) >= 11 is 5.83. The van der Waals surface area contributed by atoms with Gasteiger partial charge in [-0.3, -0.25) is 0 Å². The number of nitrogens with zero attached hydrogens (tertiary/aromatic N) is 1. The first-order valence-corrected chi connectivity index (χ1v) is 6.85. The van der Waals surface area contributed by atoms with Gasteiger partial charge in [0.25, 0.3) is 0 Å². The molecule has 0 N–H and O–H groups in total. The molecule has 0 unspecified atom stereocenters. The summed E-state index contributed by atoms with van der Waals surface area (Å²) in [6.45, 7) is 0. The summed E-state index contributed by atoms with van der Waals surface area (Å²) in [5.41, 5.74) is 1.32. The third kappa shape index (κ3) is 3.07. The minimum atomic E-state index is -0.638. The number of rotatable bonds is 3. The van der Waals surface area contributed by atoms with Gasteiger partial charge in [-0.15, -0.1) is 0 Å². The van der Waals surface area contributed by atoms with Crippen molar-refractivity contribution in [1.82, 2.24) is 4.98 Å². The van der Waals surface area contributed by atoms with E-state index in [4.69, 9.17) is 16.0 Å². The summed E-state index contributed by atoms with van der Waals surface area (Å²) < 4.78 is 32.3. The largest absolute Gasteiger partial charge is 0.444 e. The fourth-order valence-electron chi connectivity index (χ4n) is 1.94. The Hall–Kier alpha value is -2.46. The zero-order valence-electron chi connectivity index (χ0n) is 11.3. The maximum Gasteiger partial charge on any atom is 0.219 e. The van der Waals surface area contributed by atoms with Gasteiger partial charge < -0.3 is 4.42 Å². The van der Waals surface area contributed by atoms with Crippen molar-refractivity contribution in [1.29, 1.82) is 0 Å². The highest BCUT2D eigenvalue weighted by Gasteiger charge is 2.07. The molecule has 1 aromatic heterocycles. The van der Waals surface area contributed by atoms with Gasteiger partial charge in [0.15, 0.2) is 0 Å². The van der Waals surface area contributed by atoms with Crippen molar-refractivity contribution in [2.75, 3.05) is 0 Å². The standard InChI is InChI=1S/C17H10ClF2NO/c18-12-6-4-11(5-7-12)16-10-22-17(21-16)9-8-13-14(19)2-1-3-15(13)20/h1-10H. The second kappa shape index (κ2) is 6.12. The molecule has 0 saturated heterocycles. The molecule has 1 heterocycles. The van der Waals surface area contributed by atoms with Crippen LogP contribution in [0.15, 0.2) is 53.1 Å². The van der Waals surface area contributed by atoms with Gasteiger partial charge in [0.2, 0.25) is 5.89 Å². The lowest BCUT2D eigenvalue weighted by Gasteiger charge is -1.97. The van der Waals surface area contributed by atoms with Gasteiger partial charge in [0.1, 0.15) is 23.6 Å². The van der Waals surface area contributed by atoms with Gasteiger partial charge in [-0.05, 0) is 30.3 Å². The van der Waals surface area contributed by atoms with E-state index >= 15 is 0 Å². The van der Waals surface area contributed by atoms with E-state index in [9.17, 15) is 8.78 Å². The van der Waals surface area contributed by atoms with E-state index in [0.29, 0.717) is 10.7 Å². The molecule has 0 fully saturated rings. The lowest BCUT2D eigenvalue weighted by molar-refractivity contribution is 0.547. The molecule has 0 saturated carbocycles. The Morgan fingerprint density at radius 2 is 1.64 bits per heavy atom. The van der Waals surface area contributed by atoms with Crippen molar-refractivity contribution in [2.24, 2.45) is 0 Å². The minimum Gasteiger partial charge on any atom is -0.444 e. The van der Waals surface area contributed by atoms with Crippen LogP contribution in [0.2, 0.25) is 5.02 Å². The first-order chi connectivity index (χ1) is 10.6. The maximum atomic E-state index is 13.5. The van der Waals surface area contributed by atoms with Crippen LogP contribution in [0.4, 0.5) is 8.78 Å². The van der Waals surface area contributed by atoms with Crippen molar-refractivity contribution in [3.63, 3.8) is 0 Å². The average Bonchev–Trinajstić information content (AvgIpc) is 2.96. The molecule has 0 atom stereocenters. The van der Waals surface area contributed by atoms with Crippen LogP contribution in [0.3, 0.4) is 0 Å². The summed E-state index contributed by atoms with van der Waals surface area (Å²) in [7, 11) is 0. The summed E-state index contributed by atoms with van der Waals surface area (Å²) in [4.78, 5) is 4.24. The van der Waals surface area contributed by atoms with E-state index in [-0.39, 0.29) is 11.5 Å². The fraction of sp³-hybridized carbons (Fsp3) is 0. The summed E-state index contributed by atoms with van der Waals surface area (Å²) in [5.74, 6) is -1.02. The van der Waals surface area contributed by atoms with Crippen molar-refractivity contribution < 1.29 is 13.2 Å². The Balaban J connectivity index is 1.85. The molecular weight excluding hydrogens is 308 g/mol. The topological polar surface area (TPSA) is 26.0 Å². The van der Waals surface area contributed by atoms with Crippen molar-refractivity contribution in [2.45, 2.75) is 0 Å². The van der Waals surface area contributed by atoms with E-state index in [1.54, 1.807) is 12.1 Å². The zero-order valence-corrected chi connectivity index (χ0v) is 12.0. The minimum absolute atomic E-state index is 0.131. The number of oxazole rings is 1. The van der Waals surface area contributed by atoms with Crippen molar-refractivity contribution in [3.05, 3.63) is 76.8 Å². The summed E-state index contributed by atoms with van der Waals surface area (Å²) in [6, 6.07) is 10.8. The molecule has 2 nitrogen and oxygen atoms in total. The number of halogens is 3. The molecule has 2 aromatic carbocycles. The van der Waals surface area contributed by atoms with Gasteiger partial charge in [0.05, 0.1) is 0 Å². The first-order valence-electron chi connectivity index (χ1n) is 6.47. The van der Waals surface area contributed by atoms with Crippen LogP contribution >= 0.6 is 11.6 Å². The highest BCUT2D eigenvalue weighted by atomic mass is 35.5. The monoisotopic (exact) mass is 317 g/mol. The predicted octanol–water partition coefficient (Wildman–Crippen LogP) is 5.44. The van der Waals surface area contributed by atoms with Crippen LogP contribution < -0.4 is 0 Å². The van der Waals surface area contributed by atoms with Crippen LogP contribution in [0.5, 0.6) is 0 Å². The van der Waals surface area contributed by atoms with E-state index in [2.05, 4.69) is 4.98 Å². The lowest BCUT2D eigenvalue weighted by atomic mass is 10.2. The van der Waals surface area contributed by atoms with E-state index in [1.807, 2.05) is 12.1 Å². The highest BCUT2D eigenvalue weighted by Crippen LogP contribution is 2.22. The normalized spacial score (nSPS) is 11.2. The summed E-state index contributed by atoms with van der Waals surface area (Å²) in [5, 5.41) is 0.627. The number of hydrogen-bond acceptors (Lipinski definition) is 2. The Morgan fingerprint density at radius 1 is 0.955 bits per heavy atom. The number of aromatic nitrogens is 1. The van der Waals surface area contributed by atoms with E-state index in [0.717, 1.165) is 5.56 Å². The van der Waals surface area contributed by atoms with Gasteiger partial charge in [-0.2, -0.15) is 0 Å². The molecule has 0 aliphatic carbocycles. The molecule has 0 aliphatic heterocycles. The van der Waals surface area contributed by atoms with Gasteiger partial charge in [-0.25, -0.2) is 13.8 Å². The van der Waals surface area contributed by atoms with Crippen LogP contribution in [0.25, 0.3) is 23.4 Å². The maximum absolute atomic E-state index is 13.5. The first kappa shape index (κ1) is 14.5. The lowest BCUT2D eigenvalue weighted by Crippen LogP contribution is -1.87. The van der Waals surface area contributed by atoms with E-state index < -0.39 is 11.6 Å². The van der Waals surface area contributed by atoms with Crippen LogP contribution in [-0.4, -0.2) is 4.98 Å². The molecule has 0 bridgehead atoms. The molecule has 3 aromatic rings. The van der Waals surface area contributed by atoms with Gasteiger partial charge in [0, 0.05) is 22.2 Å². The molecule has 110 valence electrons. The fourth-order valence-corrected chi connectivity index (χ4v) is 2.07. The molecule has 0 radical (unpaired) electrons. The molecular formula is C17H10ClF2NO. The molecule has 0 aliphatic rings. The third-order valence-electron chi connectivity index (χ3n) is 3.05. The quantitative estimate of drug-likeness (QED) is 0.642. The summed E-state index contributed by atoms with van der Waals surface area (Å²) in [6.07, 6.45) is 4.18. The molecule has 5 heteroatoms. The van der Waals surface area contributed by atoms with Crippen LogP contribution in [0.1, 0.15) is 11.5 Å². The molecule has 0 amide bonds. The average molecular weight is 318 g/mol. The number of hydrogen-bond donors (Lipinski definition) is 0. The third-order valence-corrected chi connectivity index (χ3v) is 3.31. The van der Waals surface area contributed by atoms with E-state index in [1.165, 1.54) is 36.6 Å². The SMILES string of the molecule is Fc1cccc(F)c1C=Cc1nc(-c2ccc(Cl)cc2)co1. The Morgan fingerprint density at radius 3 is 2.32 bits per heavy atom. The molecule has 22 heavy (non-hydrogen) atoms. The molecule has 0 spiro atoms. The second-order valence-electron chi connectivity index (χ2n) is 4.55. The smallest absolute Gasteiger partial charge is 0.219 e. The van der Waals surface area contributed by atoms with Crippen molar-refractivity contribution in [3.8, 4) is 11.3 Å². The highest BCUT2D eigenvalue weighted by molar-refractivity contribution is 6.30. The van der Waals surface area contributed by atoms with Crippen LogP contribution in [-0.2, 0) is 0 Å². The van der Waals surface area contributed by atoms with Gasteiger partial charge >= 0.3 is 0 Å². The predicted molar refractivity (Wildman–Crippen MR) is 82.2 cm³/mol. The Labute approximate surface area is 130 Å². The van der Waals surface area contributed by atoms with Gasteiger partial charge in [-0.1, -0.05) is 29.8 Å². The Kier molecular flexibility index (Phi) is 4.02. The molecule has 3 rings (SSSR count). The number of benzene rings is 2.